The van der Waals surface area contributed by atoms with Crippen molar-refractivity contribution >= 4 is 0 Å². The van der Waals surface area contributed by atoms with Crippen molar-refractivity contribution in [1.82, 2.24) is 0 Å². The monoisotopic (exact) mass is 254 g/mol. The van der Waals surface area contributed by atoms with Crippen molar-refractivity contribution in [1.29, 1.82) is 0 Å². The third-order valence-electron chi connectivity index (χ3n) is 3.88. The maximum atomic E-state index is 5.20. The van der Waals surface area contributed by atoms with E-state index in [9.17, 15) is 0 Å². The Kier molecular flexibility index (Phi) is 3.03. The van der Waals surface area contributed by atoms with Gasteiger partial charge in [0, 0.05) is 17.4 Å². The lowest BCUT2D eigenvalue weighted by molar-refractivity contribution is -0.215. The second-order valence-electron chi connectivity index (χ2n) is 5.47. The predicted molar refractivity (Wildman–Crippen MR) is 75.3 cm³/mol. The summed E-state index contributed by atoms with van der Waals surface area (Å²) in [5, 5.41) is 0. The lowest BCUT2D eigenvalue weighted by atomic mass is 9.77. The van der Waals surface area contributed by atoms with Gasteiger partial charge in [-0.2, -0.15) is 4.89 Å². The largest absolute Gasteiger partial charge is 0.337 e. The molecule has 2 nitrogen and oxygen atoms in total. The van der Waals surface area contributed by atoms with Crippen LogP contribution in [0.3, 0.4) is 0 Å². The van der Waals surface area contributed by atoms with E-state index >= 15 is 0 Å². The van der Waals surface area contributed by atoms with Gasteiger partial charge < -0.3 is 4.89 Å². The molecule has 1 heterocycles. The van der Waals surface area contributed by atoms with Crippen LogP contribution in [0.4, 0.5) is 0 Å². The van der Waals surface area contributed by atoms with E-state index in [1.54, 1.807) is 0 Å². The molecule has 0 aliphatic carbocycles. The molecule has 0 spiro atoms. The molecule has 0 atom stereocenters. The maximum absolute atomic E-state index is 5.20. The van der Waals surface area contributed by atoms with Gasteiger partial charge in [0.25, 0.3) is 0 Å². The van der Waals surface area contributed by atoms with Gasteiger partial charge in [-0.3, -0.25) is 0 Å². The molecule has 0 aromatic heterocycles. The van der Waals surface area contributed by atoms with Crippen molar-refractivity contribution in [2.75, 3.05) is 6.61 Å². The van der Waals surface area contributed by atoms with Crippen LogP contribution in [0.1, 0.15) is 30.5 Å². The summed E-state index contributed by atoms with van der Waals surface area (Å²) in [6.07, 6.45) is 0.911. The van der Waals surface area contributed by atoms with Gasteiger partial charge >= 0.3 is 0 Å². The highest BCUT2D eigenvalue weighted by molar-refractivity contribution is 5.44. The highest BCUT2D eigenvalue weighted by Gasteiger charge is 2.24. The zero-order valence-electron chi connectivity index (χ0n) is 11.3. The molecule has 0 radical (unpaired) electrons. The van der Waals surface area contributed by atoms with Crippen LogP contribution in [-0.4, -0.2) is 6.61 Å². The average molecular weight is 254 g/mol. The molecule has 0 N–H and O–H groups in total. The summed E-state index contributed by atoms with van der Waals surface area (Å²) in [4.78, 5) is 10.2. The van der Waals surface area contributed by atoms with Gasteiger partial charge in [-0.05, 0) is 17.2 Å². The van der Waals surface area contributed by atoms with Crippen molar-refractivity contribution in [2.24, 2.45) is 0 Å². The fourth-order valence-electron chi connectivity index (χ4n) is 2.52. The fraction of sp³-hybridized carbons (Fsp3) is 0.294. The minimum Gasteiger partial charge on any atom is -0.337 e. The van der Waals surface area contributed by atoms with Crippen molar-refractivity contribution in [3.05, 3.63) is 65.2 Å². The normalized spacial score (nSPS) is 14.6. The summed E-state index contributed by atoms with van der Waals surface area (Å²) >= 11 is 0. The Morgan fingerprint density at radius 3 is 2.53 bits per heavy atom. The topological polar surface area (TPSA) is 18.5 Å². The van der Waals surface area contributed by atoms with E-state index < -0.39 is 0 Å². The zero-order valence-corrected chi connectivity index (χ0v) is 11.3. The van der Waals surface area contributed by atoms with E-state index in [0.29, 0.717) is 6.61 Å². The van der Waals surface area contributed by atoms with E-state index in [-0.39, 0.29) is 5.41 Å². The highest BCUT2D eigenvalue weighted by Crippen LogP contribution is 2.34. The first kappa shape index (κ1) is 12.2. The standard InChI is InChI=1S/C17H18O2/c1-17(2,14-6-4-3-5-7-14)15-8-9-16-13(12-15)10-11-18-19-16/h3-9,12H,10-11H2,1-2H3. The second-order valence-corrected chi connectivity index (χ2v) is 5.47. The van der Waals surface area contributed by atoms with Crippen LogP contribution in [0.5, 0.6) is 5.75 Å². The molecule has 1 aliphatic heterocycles. The molecule has 0 fully saturated rings. The fourth-order valence-corrected chi connectivity index (χ4v) is 2.52. The van der Waals surface area contributed by atoms with Gasteiger partial charge in [-0.15, -0.1) is 0 Å². The SMILES string of the molecule is CC(C)(c1ccccc1)c1ccc2c(c1)CCOO2. The number of benzene rings is 2. The van der Waals surface area contributed by atoms with Crippen LogP contribution in [0, 0.1) is 0 Å². The van der Waals surface area contributed by atoms with Gasteiger partial charge in [-0.25, -0.2) is 0 Å². The zero-order chi connectivity index (χ0) is 13.3. The van der Waals surface area contributed by atoms with Gasteiger partial charge in [-0.1, -0.05) is 56.3 Å². The van der Waals surface area contributed by atoms with Crippen LogP contribution in [0.15, 0.2) is 48.5 Å². The number of fused-ring (bicyclic) bond motifs is 1. The van der Waals surface area contributed by atoms with Crippen LogP contribution >= 0.6 is 0 Å². The van der Waals surface area contributed by atoms with Crippen LogP contribution in [-0.2, 0) is 16.7 Å². The van der Waals surface area contributed by atoms with Gasteiger partial charge in [0.2, 0.25) is 0 Å². The first-order chi connectivity index (χ1) is 9.18. The smallest absolute Gasteiger partial charge is 0.168 e. The Bertz CT molecular complexity index is 573. The molecule has 2 aromatic rings. The van der Waals surface area contributed by atoms with Crippen LogP contribution < -0.4 is 4.89 Å². The molecular formula is C17H18O2. The predicted octanol–water partition coefficient (Wildman–Crippen LogP) is 3.88. The third-order valence-corrected chi connectivity index (χ3v) is 3.88. The Balaban J connectivity index is 2.02. The minimum absolute atomic E-state index is 0.00536. The van der Waals surface area contributed by atoms with E-state index in [4.69, 9.17) is 9.78 Å². The Morgan fingerprint density at radius 2 is 1.74 bits per heavy atom. The molecule has 2 heteroatoms. The maximum Gasteiger partial charge on any atom is 0.168 e. The van der Waals surface area contributed by atoms with Gasteiger partial charge in [0.1, 0.15) is 0 Å². The molecule has 19 heavy (non-hydrogen) atoms. The first-order valence-electron chi connectivity index (χ1n) is 6.66. The van der Waals surface area contributed by atoms with Crippen LogP contribution in [0.2, 0.25) is 0 Å². The molecule has 98 valence electrons. The Hall–Kier alpha value is -1.80. The lowest BCUT2D eigenvalue weighted by Gasteiger charge is -2.27. The molecule has 0 bridgehead atoms. The Morgan fingerprint density at radius 1 is 0.947 bits per heavy atom. The summed E-state index contributed by atoms with van der Waals surface area (Å²) in [5.74, 6) is 0.846. The lowest BCUT2D eigenvalue weighted by Crippen LogP contribution is -2.20. The van der Waals surface area contributed by atoms with E-state index in [1.165, 1.54) is 16.7 Å². The Labute approximate surface area is 113 Å². The van der Waals surface area contributed by atoms with Gasteiger partial charge in [0.15, 0.2) is 5.75 Å². The summed E-state index contributed by atoms with van der Waals surface area (Å²) in [6, 6.07) is 17.0. The molecule has 1 aliphatic rings. The quantitative estimate of drug-likeness (QED) is 0.757. The van der Waals surface area contributed by atoms with E-state index in [0.717, 1.165) is 12.2 Å². The van der Waals surface area contributed by atoms with Crippen molar-refractivity contribution < 1.29 is 9.78 Å². The van der Waals surface area contributed by atoms with Crippen LogP contribution in [0.25, 0.3) is 0 Å². The summed E-state index contributed by atoms with van der Waals surface area (Å²) in [5.41, 5.74) is 3.85. The molecule has 0 amide bonds. The first-order valence-corrected chi connectivity index (χ1v) is 6.66. The molecule has 0 unspecified atom stereocenters. The average Bonchev–Trinajstić information content (AvgIpc) is 2.47. The molecule has 2 aromatic carbocycles. The molecule has 0 saturated carbocycles. The van der Waals surface area contributed by atoms with Gasteiger partial charge in [0.05, 0.1) is 6.61 Å². The van der Waals surface area contributed by atoms with Crippen molar-refractivity contribution in [3.8, 4) is 5.75 Å². The van der Waals surface area contributed by atoms with Crippen molar-refractivity contribution in [3.63, 3.8) is 0 Å². The van der Waals surface area contributed by atoms with E-state index in [1.807, 2.05) is 6.07 Å². The molecular weight excluding hydrogens is 236 g/mol. The third kappa shape index (κ3) is 2.24. The summed E-state index contributed by atoms with van der Waals surface area (Å²) in [7, 11) is 0. The van der Waals surface area contributed by atoms with E-state index in [2.05, 4.69) is 56.3 Å². The summed E-state index contributed by atoms with van der Waals surface area (Å²) < 4.78 is 0. The highest BCUT2D eigenvalue weighted by atomic mass is 17.2. The number of hydrogen-bond donors (Lipinski definition) is 0. The molecule has 3 rings (SSSR count). The van der Waals surface area contributed by atoms with Crippen molar-refractivity contribution in [2.45, 2.75) is 25.7 Å². The summed E-state index contributed by atoms with van der Waals surface area (Å²) in [6.45, 7) is 5.14. The second kappa shape index (κ2) is 4.71. The number of hydrogen-bond acceptors (Lipinski definition) is 2. The number of rotatable bonds is 2. The molecule has 0 saturated heterocycles. The minimum atomic E-state index is -0.00536.